The summed E-state index contributed by atoms with van der Waals surface area (Å²) < 4.78 is 9.72. The highest BCUT2D eigenvalue weighted by molar-refractivity contribution is 7.03. The van der Waals surface area contributed by atoms with Gasteiger partial charge < -0.3 is 4.74 Å². The van der Waals surface area contributed by atoms with Crippen molar-refractivity contribution < 1.29 is 9.53 Å². The average Bonchev–Trinajstić information content (AvgIpc) is 3.03. The van der Waals surface area contributed by atoms with Crippen molar-refractivity contribution in [3.8, 4) is 6.07 Å². The lowest BCUT2D eigenvalue weighted by molar-refractivity contribution is 0.0104. The normalized spacial score (nSPS) is 15.8. The average molecular weight is 341 g/mol. The molecule has 0 amide bonds. The summed E-state index contributed by atoms with van der Waals surface area (Å²) in [5, 5.41) is 10.9. The Morgan fingerprint density at radius 2 is 2.17 bits per heavy atom. The minimum absolute atomic E-state index is 0.0424. The highest BCUT2D eigenvalue weighted by atomic mass is 32.1. The molecule has 0 bridgehead atoms. The fraction of sp³-hybridized carbons (Fsp3) is 0.389. The number of hydrogen-bond donors (Lipinski definition) is 0. The topological polar surface area (TPSA) is 66.2 Å². The molecule has 0 aliphatic carbocycles. The lowest BCUT2D eigenvalue weighted by Crippen LogP contribution is -2.37. The molecule has 0 atom stereocenters. The van der Waals surface area contributed by atoms with E-state index in [1.807, 2.05) is 31.2 Å². The Bertz CT molecular complexity index is 758. The van der Waals surface area contributed by atoms with Gasteiger partial charge in [-0.15, -0.1) is 0 Å². The number of nitriles is 1. The minimum Gasteiger partial charge on any atom is -0.459 e. The molecule has 1 aliphatic heterocycles. The highest BCUT2D eigenvalue weighted by Crippen LogP contribution is 2.20. The zero-order valence-electron chi connectivity index (χ0n) is 13.6. The molecule has 1 aliphatic rings. The molecular weight excluding hydrogens is 322 g/mol. The number of benzene rings is 1. The van der Waals surface area contributed by atoms with Gasteiger partial charge in [0, 0.05) is 25.0 Å². The molecule has 3 rings (SSSR count). The van der Waals surface area contributed by atoms with Gasteiger partial charge in [0.25, 0.3) is 0 Å². The van der Waals surface area contributed by atoms with Gasteiger partial charge in [-0.05, 0) is 42.9 Å². The Hall–Kier alpha value is -2.23. The molecule has 0 radical (unpaired) electrons. The van der Waals surface area contributed by atoms with Gasteiger partial charge in [0.2, 0.25) is 0 Å². The van der Waals surface area contributed by atoms with Crippen LogP contribution in [0.3, 0.4) is 0 Å². The first-order chi connectivity index (χ1) is 11.7. The molecule has 1 saturated heterocycles. The van der Waals surface area contributed by atoms with Crippen LogP contribution in [0.15, 0.2) is 29.6 Å². The van der Waals surface area contributed by atoms with Crippen molar-refractivity contribution in [2.24, 2.45) is 0 Å². The number of aromatic nitrogens is 1. The lowest BCUT2D eigenvalue weighted by Gasteiger charge is -2.31. The van der Waals surface area contributed by atoms with Crippen LogP contribution < -0.4 is 0 Å². The number of ether oxygens (including phenoxy) is 1. The van der Waals surface area contributed by atoms with E-state index < -0.39 is 0 Å². The standard InChI is InChI=1S/C18H19N3O2S/c1-13-17(12-24-20-13)18(22)23-16-6-8-21(9-7-16)11-15-5-3-2-4-14(15)10-19/h2-5,12,16H,6-9,11H2,1H3. The van der Waals surface area contributed by atoms with E-state index in [0.717, 1.165) is 49.3 Å². The van der Waals surface area contributed by atoms with Gasteiger partial charge in [-0.3, -0.25) is 4.90 Å². The number of esters is 1. The smallest absolute Gasteiger partial charge is 0.341 e. The van der Waals surface area contributed by atoms with Crippen LogP contribution in [0.5, 0.6) is 0 Å². The van der Waals surface area contributed by atoms with Gasteiger partial charge in [-0.1, -0.05) is 18.2 Å². The Kier molecular flexibility index (Phi) is 5.24. The molecular formula is C18H19N3O2S. The summed E-state index contributed by atoms with van der Waals surface area (Å²) in [6.07, 6.45) is 1.59. The van der Waals surface area contributed by atoms with E-state index in [1.54, 1.807) is 5.38 Å². The molecule has 0 unspecified atom stereocenters. The molecule has 0 N–H and O–H groups in total. The maximum absolute atomic E-state index is 12.1. The Labute approximate surface area is 145 Å². The third-order valence-corrected chi connectivity index (χ3v) is 5.03. The summed E-state index contributed by atoms with van der Waals surface area (Å²) in [5.74, 6) is -0.269. The Morgan fingerprint density at radius 1 is 1.42 bits per heavy atom. The number of nitrogens with zero attached hydrogens (tertiary/aromatic N) is 3. The first-order valence-electron chi connectivity index (χ1n) is 7.99. The Balaban J connectivity index is 1.52. The molecule has 1 aromatic heterocycles. The van der Waals surface area contributed by atoms with Gasteiger partial charge in [-0.2, -0.15) is 9.64 Å². The zero-order chi connectivity index (χ0) is 16.9. The molecule has 24 heavy (non-hydrogen) atoms. The van der Waals surface area contributed by atoms with Crippen LogP contribution in [0, 0.1) is 18.3 Å². The second-order valence-electron chi connectivity index (χ2n) is 5.96. The van der Waals surface area contributed by atoms with Crippen molar-refractivity contribution in [2.75, 3.05) is 13.1 Å². The summed E-state index contributed by atoms with van der Waals surface area (Å²) >= 11 is 1.28. The summed E-state index contributed by atoms with van der Waals surface area (Å²) in [7, 11) is 0. The van der Waals surface area contributed by atoms with Crippen LogP contribution >= 0.6 is 11.5 Å². The number of aryl methyl sites for hydroxylation is 1. The van der Waals surface area contributed by atoms with Crippen molar-refractivity contribution in [2.45, 2.75) is 32.4 Å². The van der Waals surface area contributed by atoms with E-state index in [2.05, 4.69) is 15.3 Å². The van der Waals surface area contributed by atoms with Gasteiger partial charge in [0.15, 0.2) is 0 Å². The number of piperidine rings is 1. The molecule has 1 aromatic carbocycles. The molecule has 0 spiro atoms. The van der Waals surface area contributed by atoms with Gasteiger partial charge in [0.1, 0.15) is 6.10 Å². The molecule has 6 heteroatoms. The Morgan fingerprint density at radius 3 is 2.83 bits per heavy atom. The molecule has 124 valence electrons. The third kappa shape index (κ3) is 3.81. The molecule has 2 aromatic rings. The lowest BCUT2D eigenvalue weighted by atomic mass is 10.0. The fourth-order valence-electron chi connectivity index (χ4n) is 2.90. The van der Waals surface area contributed by atoms with Crippen molar-refractivity contribution in [3.63, 3.8) is 0 Å². The number of carbonyl (C=O) groups excluding carboxylic acids is 1. The maximum Gasteiger partial charge on any atom is 0.341 e. The van der Waals surface area contributed by atoms with E-state index in [4.69, 9.17) is 4.74 Å². The van der Waals surface area contributed by atoms with Crippen LogP contribution in [0.25, 0.3) is 0 Å². The first-order valence-corrected chi connectivity index (χ1v) is 8.83. The number of rotatable bonds is 4. The number of likely N-dealkylation sites (tertiary alicyclic amines) is 1. The van der Waals surface area contributed by atoms with E-state index >= 15 is 0 Å². The van der Waals surface area contributed by atoms with Crippen molar-refractivity contribution in [1.29, 1.82) is 5.26 Å². The first kappa shape index (κ1) is 16.6. The minimum atomic E-state index is -0.269. The van der Waals surface area contributed by atoms with Gasteiger partial charge >= 0.3 is 5.97 Å². The molecule has 1 fully saturated rings. The quantitative estimate of drug-likeness (QED) is 0.799. The predicted octanol–water partition coefficient (Wildman–Crippen LogP) is 3.14. The van der Waals surface area contributed by atoms with Crippen LogP contribution in [0.4, 0.5) is 0 Å². The van der Waals surface area contributed by atoms with Crippen molar-refractivity contribution in [1.82, 2.24) is 9.27 Å². The summed E-state index contributed by atoms with van der Waals surface area (Å²) in [6, 6.07) is 9.93. The molecule has 0 saturated carbocycles. The van der Waals surface area contributed by atoms with Crippen LogP contribution in [0.1, 0.15) is 40.0 Å². The monoisotopic (exact) mass is 341 g/mol. The van der Waals surface area contributed by atoms with Crippen LogP contribution in [0.2, 0.25) is 0 Å². The van der Waals surface area contributed by atoms with E-state index in [9.17, 15) is 10.1 Å². The molecule has 2 heterocycles. The third-order valence-electron chi connectivity index (χ3n) is 4.31. The maximum atomic E-state index is 12.1. The van der Waals surface area contributed by atoms with Crippen molar-refractivity contribution in [3.05, 3.63) is 52.0 Å². The highest BCUT2D eigenvalue weighted by Gasteiger charge is 2.24. The van der Waals surface area contributed by atoms with Crippen LogP contribution in [-0.2, 0) is 11.3 Å². The number of carbonyl (C=O) groups is 1. The van der Waals surface area contributed by atoms with Crippen LogP contribution in [-0.4, -0.2) is 34.4 Å². The van der Waals surface area contributed by atoms with Crippen molar-refractivity contribution >= 4 is 17.5 Å². The second kappa shape index (κ2) is 7.56. The van der Waals surface area contributed by atoms with Gasteiger partial charge in [0.05, 0.1) is 22.9 Å². The van der Waals surface area contributed by atoms with E-state index in [1.165, 1.54) is 11.5 Å². The fourth-order valence-corrected chi connectivity index (χ4v) is 3.58. The SMILES string of the molecule is Cc1nscc1C(=O)OC1CCN(Cc2ccccc2C#N)CC1. The summed E-state index contributed by atoms with van der Waals surface area (Å²) in [6.45, 7) is 4.30. The summed E-state index contributed by atoms with van der Waals surface area (Å²) in [4.78, 5) is 14.4. The van der Waals surface area contributed by atoms with Gasteiger partial charge in [-0.25, -0.2) is 4.79 Å². The second-order valence-corrected chi connectivity index (χ2v) is 6.59. The predicted molar refractivity (Wildman–Crippen MR) is 91.7 cm³/mol. The van der Waals surface area contributed by atoms with E-state index in [0.29, 0.717) is 5.56 Å². The summed E-state index contributed by atoms with van der Waals surface area (Å²) in [5.41, 5.74) is 3.09. The zero-order valence-corrected chi connectivity index (χ0v) is 14.4. The molecule has 5 nitrogen and oxygen atoms in total. The largest absolute Gasteiger partial charge is 0.459 e. The number of hydrogen-bond acceptors (Lipinski definition) is 6. The van der Waals surface area contributed by atoms with E-state index in [-0.39, 0.29) is 12.1 Å².